The average molecular weight is 312 g/mol. The normalized spacial score (nSPS) is 19.7. The Morgan fingerprint density at radius 2 is 2.09 bits per heavy atom. The molecule has 1 aliphatic carbocycles. The highest BCUT2D eigenvalue weighted by Gasteiger charge is 2.29. The van der Waals surface area contributed by atoms with Gasteiger partial charge in [0.25, 0.3) is 0 Å². The lowest BCUT2D eigenvalue weighted by Crippen LogP contribution is -2.32. The van der Waals surface area contributed by atoms with E-state index in [0.717, 1.165) is 5.56 Å². The van der Waals surface area contributed by atoms with Crippen molar-refractivity contribution >= 4 is 5.97 Å². The molecule has 1 aromatic carbocycles. The van der Waals surface area contributed by atoms with Crippen LogP contribution in [0.3, 0.4) is 0 Å². The summed E-state index contributed by atoms with van der Waals surface area (Å²) < 4.78 is 11.2. The van der Waals surface area contributed by atoms with Gasteiger partial charge in [-0.25, -0.2) is 4.79 Å². The van der Waals surface area contributed by atoms with E-state index in [2.05, 4.69) is 11.8 Å². The van der Waals surface area contributed by atoms with Gasteiger partial charge in [-0.3, -0.25) is 0 Å². The van der Waals surface area contributed by atoms with Gasteiger partial charge >= 0.3 is 5.97 Å². The first-order chi connectivity index (χ1) is 11.0. The minimum Gasteiger partial charge on any atom is -0.495 e. The maximum atomic E-state index is 11.3. The molecule has 1 atom stereocenters. The van der Waals surface area contributed by atoms with Crippen LogP contribution in [0.2, 0.25) is 0 Å². The lowest BCUT2D eigenvalue weighted by atomic mass is 9.92. The second-order valence-corrected chi connectivity index (χ2v) is 5.49. The Morgan fingerprint density at radius 1 is 1.35 bits per heavy atom. The van der Waals surface area contributed by atoms with Crippen LogP contribution in [0, 0.1) is 11.8 Å². The van der Waals surface area contributed by atoms with Crippen LogP contribution >= 0.6 is 0 Å². The third-order valence-electron chi connectivity index (χ3n) is 3.30. The summed E-state index contributed by atoms with van der Waals surface area (Å²) in [7, 11) is 1.59. The molecule has 0 aromatic heterocycles. The van der Waals surface area contributed by atoms with Gasteiger partial charge in [0, 0.05) is 5.57 Å². The molecule has 0 bridgehead atoms. The second-order valence-electron chi connectivity index (χ2n) is 5.49. The van der Waals surface area contributed by atoms with E-state index < -0.39 is 11.6 Å². The number of ether oxygens (including phenoxy) is 2. The SMILES string of the molecule is COc1ccccc1C#CC1(OC(C)C)C=CCC(C(=O)O)=C1. The summed E-state index contributed by atoms with van der Waals surface area (Å²) in [5.41, 5.74) is -0.0329. The van der Waals surface area contributed by atoms with Gasteiger partial charge in [-0.15, -0.1) is 0 Å². The van der Waals surface area contributed by atoms with Crippen LogP contribution in [-0.2, 0) is 9.53 Å². The number of hydrogen-bond acceptors (Lipinski definition) is 3. The monoisotopic (exact) mass is 312 g/mol. The number of para-hydroxylation sites is 1. The Kier molecular flexibility index (Phi) is 5.25. The smallest absolute Gasteiger partial charge is 0.331 e. The van der Waals surface area contributed by atoms with Crippen molar-refractivity contribution < 1.29 is 19.4 Å². The molecule has 0 radical (unpaired) electrons. The number of carbonyl (C=O) groups is 1. The van der Waals surface area contributed by atoms with Gasteiger partial charge in [0.05, 0.1) is 18.8 Å². The van der Waals surface area contributed by atoms with Crippen molar-refractivity contribution in [3.8, 4) is 17.6 Å². The Morgan fingerprint density at radius 3 is 2.74 bits per heavy atom. The average Bonchev–Trinajstić information content (AvgIpc) is 2.52. The number of carboxylic acid groups (broad SMARTS) is 1. The van der Waals surface area contributed by atoms with E-state index >= 15 is 0 Å². The third-order valence-corrected chi connectivity index (χ3v) is 3.30. The highest BCUT2D eigenvalue weighted by atomic mass is 16.5. The molecule has 1 N–H and O–H groups in total. The molecule has 2 rings (SSSR count). The molecular formula is C19H20O4. The zero-order valence-electron chi connectivity index (χ0n) is 13.5. The van der Waals surface area contributed by atoms with Crippen molar-refractivity contribution in [1.82, 2.24) is 0 Å². The van der Waals surface area contributed by atoms with Gasteiger partial charge in [-0.05, 0) is 44.6 Å². The lowest BCUT2D eigenvalue weighted by molar-refractivity contribution is -0.132. The molecule has 4 nitrogen and oxygen atoms in total. The molecule has 23 heavy (non-hydrogen) atoms. The molecule has 0 amide bonds. The number of carboxylic acids is 1. The van der Waals surface area contributed by atoms with Gasteiger partial charge in [0.2, 0.25) is 0 Å². The topological polar surface area (TPSA) is 55.8 Å². The number of hydrogen-bond donors (Lipinski definition) is 1. The summed E-state index contributed by atoms with van der Waals surface area (Å²) in [5.74, 6) is 5.83. The number of benzene rings is 1. The molecule has 120 valence electrons. The van der Waals surface area contributed by atoms with Crippen molar-refractivity contribution in [2.24, 2.45) is 0 Å². The van der Waals surface area contributed by atoms with E-state index in [4.69, 9.17) is 9.47 Å². The minimum absolute atomic E-state index is 0.101. The quantitative estimate of drug-likeness (QED) is 0.685. The van der Waals surface area contributed by atoms with Crippen LogP contribution in [0.4, 0.5) is 0 Å². The first-order valence-electron chi connectivity index (χ1n) is 7.42. The second kappa shape index (κ2) is 7.17. The number of aliphatic carboxylic acids is 1. The summed E-state index contributed by atoms with van der Waals surface area (Å²) in [6.45, 7) is 3.78. The maximum Gasteiger partial charge on any atom is 0.331 e. The van der Waals surface area contributed by atoms with Gasteiger partial charge in [0.15, 0.2) is 5.60 Å². The van der Waals surface area contributed by atoms with E-state index in [9.17, 15) is 9.90 Å². The van der Waals surface area contributed by atoms with Crippen LogP contribution in [-0.4, -0.2) is 29.9 Å². The Hall–Kier alpha value is -2.51. The summed E-state index contributed by atoms with van der Waals surface area (Å²) in [4.78, 5) is 11.3. The molecule has 0 spiro atoms. The highest BCUT2D eigenvalue weighted by Crippen LogP contribution is 2.26. The van der Waals surface area contributed by atoms with E-state index in [1.54, 1.807) is 19.3 Å². The maximum absolute atomic E-state index is 11.3. The molecule has 0 aliphatic heterocycles. The summed E-state index contributed by atoms with van der Waals surface area (Å²) in [6.07, 6.45) is 5.44. The van der Waals surface area contributed by atoms with Crippen LogP contribution in [0.5, 0.6) is 5.75 Å². The van der Waals surface area contributed by atoms with Crippen LogP contribution in [0.1, 0.15) is 25.8 Å². The Bertz CT molecular complexity index is 704. The standard InChI is InChI=1S/C19H20O4/c1-14(2)23-19(11-6-8-16(13-19)18(20)21)12-10-15-7-4-5-9-17(15)22-3/h4-7,9,11,13-14H,8H2,1-3H3,(H,20,21). The van der Waals surface area contributed by atoms with Gasteiger partial charge in [0.1, 0.15) is 5.75 Å². The summed E-state index contributed by atoms with van der Waals surface area (Å²) in [6, 6.07) is 7.42. The van der Waals surface area contributed by atoms with Crippen molar-refractivity contribution in [2.45, 2.75) is 32.0 Å². The molecule has 1 unspecified atom stereocenters. The van der Waals surface area contributed by atoms with Crippen molar-refractivity contribution in [2.75, 3.05) is 7.11 Å². The Labute approximate surface area is 136 Å². The first-order valence-corrected chi connectivity index (χ1v) is 7.42. The zero-order chi connectivity index (χ0) is 16.9. The first kappa shape index (κ1) is 16.9. The number of rotatable bonds is 4. The van der Waals surface area contributed by atoms with Gasteiger partial charge < -0.3 is 14.6 Å². The predicted octanol–water partition coefficient (Wildman–Crippen LogP) is 3.18. The minimum atomic E-state index is -1.04. The van der Waals surface area contributed by atoms with Crippen molar-refractivity contribution in [3.05, 3.63) is 53.6 Å². The fraction of sp³-hybridized carbons (Fsp3) is 0.316. The molecule has 0 saturated carbocycles. The molecule has 0 heterocycles. The summed E-state index contributed by atoms with van der Waals surface area (Å²) in [5, 5.41) is 9.25. The molecule has 0 saturated heterocycles. The third kappa shape index (κ3) is 4.24. The molecular weight excluding hydrogens is 292 g/mol. The molecule has 0 fully saturated rings. The van der Waals surface area contributed by atoms with Crippen molar-refractivity contribution in [3.63, 3.8) is 0 Å². The molecule has 1 aliphatic rings. The molecule has 1 aromatic rings. The fourth-order valence-corrected chi connectivity index (χ4v) is 2.36. The van der Waals surface area contributed by atoms with Gasteiger partial charge in [-0.2, -0.15) is 0 Å². The van der Waals surface area contributed by atoms with Gasteiger partial charge in [-0.1, -0.05) is 30.0 Å². The predicted molar refractivity (Wildman–Crippen MR) is 88.3 cm³/mol. The fourth-order valence-electron chi connectivity index (χ4n) is 2.36. The highest BCUT2D eigenvalue weighted by molar-refractivity contribution is 5.88. The largest absolute Gasteiger partial charge is 0.495 e. The van der Waals surface area contributed by atoms with E-state index in [1.807, 2.05) is 44.2 Å². The Balaban J connectivity index is 2.45. The molecule has 4 heteroatoms. The van der Waals surface area contributed by atoms with E-state index in [-0.39, 0.29) is 11.7 Å². The van der Waals surface area contributed by atoms with E-state index in [0.29, 0.717) is 12.2 Å². The summed E-state index contributed by atoms with van der Waals surface area (Å²) >= 11 is 0. The number of allylic oxidation sites excluding steroid dienone is 1. The van der Waals surface area contributed by atoms with Crippen LogP contribution in [0.15, 0.2) is 48.1 Å². The van der Waals surface area contributed by atoms with E-state index in [1.165, 1.54) is 0 Å². The van der Waals surface area contributed by atoms with Crippen molar-refractivity contribution in [1.29, 1.82) is 0 Å². The van der Waals surface area contributed by atoms with Crippen LogP contribution in [0.25, 0.3) is 0 Å². The zero-order valence-corrected chi connectivity index (χ0v) is 13.5. The number of methoxy groups -OCH3 is 1. The lowest BCUT2D eigenvalue weighted by Gasteiger charge is -2.27. The van der Waals surface area contributed by atoms with Crippen LogP contribution < -0.4 is 4.74 Å².